The van der Waals surface area contributed by atoms with Crippen molar-refractivity contribution in [3.05, 3.63) is 75.9 Å². The van der Waals surface area contributed by atoms with Gasteiger partial charge in [-0.25, -0.2) is 4.68 Å². The number of methoxy groups -OCH3 is 1. The fourth-order valence-corrected chi connectivity index (χ4v) is 4.17. The summed E-state index contributed by atoms with van der Waals surface area (Å²) in [5, 5.41) is 8.64. The van der Waals surface area contributed by atoms with Crippen LogP contribution in [0.15, 0.2) is 59.1 Å². The first-order valence-corrected chi connectivity index (χ1v) is 10.8. The number of carbonyl (C=O) groups excluding carboxylic acids is 1. The van der Waals surface area contributed by atoms with Crippen LogP contribution in [0.1, 0.15) is 23.2 Å². The van der Waals surface area contributed by atoms with Gasteiger partial charge >= 0.3 is 0 Å². The van der Waals surface area contributed by atoms with Crippen LogP contribution in [0, 0.1) is 13.8 Å². The highest BCUT2D eigenvalue weighted by Crippen LogP contribution is 2.32. The number of halogens is 1. The molecule has 0 atom stereocenters. The van der Waals surface area contributed by atoms with Gasteiger partial charge in [0.1, 0.15) is 0 Å². The Balaban J connectivity index is 1.64. The van der Waals surface area contributed by atoms with Crippen LogP contribution in [0.2, 0.25) is 0 Å². The summed E-state index contributed by atoms with van der Waals surface area (Å²) in [6, 6.07) is 17.5. The van der Waals surface area contributed by atoms with Gasteiger partial charge in [0.05, 0.1) is 18.5 Å². The molecule has 2 aromatic carbocycles. The quantitative estimate of drug-likeness (QED) is 0.403. The monoisotopic (exact) mass is 478 g/mol. The zero-order valence-corrected chi connectivity index (χ0v) is 19.2. The van der Waals surface area contributed by atoms with E-state index in [2.05, 4.69) is 21.2 Å². The number of aromatic nitrogens is 3. The van der Waals surface area contributed by atoms with E-state index in [1.807, 2.05) is 73.1 Å². The Bertz CT molecular complexity index is 1250. The minimum Gasteiger partial charge on any atom is -0.481 e. The molecule has 31 heavy (non-hydrogen) atoms. The minimum absolute atomic E-state index is 0.0589. The summed E-state index contributed by atoms with van der Waals surface area (Å²) in [6.45, 7) is 4.02. The van der Waals surface area contributed by atoms with Gasteiger partial charge in [-0.3, -0.25) is 4.79 Å². The molecule has 2 heterocycles. The van der Waals surface area contributed by atoms with Crippen LogP contribution in [0.4, 0.5) is 5.69 Å². The number of para-hydroxylation sites is 1. The van der Waals surface area contributed by atoms with Crippen molar-refractivity contribution in [2.75, 3.05) is 12.4 Å². The lowest BCUT2D eigenvalue weighted by Gasteiger charge is -2.13. The molecule has 6 nitrogen and oxygen atoms in total. The molecule has 0 aliphatic carbocycles. The number of amides is 1. The second kappa shape index (κ2) is 8.89. The number of nitrogens with zero attached hydrogens (tertiary/aromatic N) is 3. The number of ether oxygens (including phenoxy) is 1. The third-order valence-electron chi connectivity index (χ3n) is 5.23. The second-order valence-corrected chi connectivity index (χ2v) is 8.23. The molecule has 0 fully saturated rings. The van der Waals surface area contributed by atoms with Crippen molar-refractivity contribution < 1.29 is 9.53 Å². The van der Waals surface area contributed by atoms with Crippen molar-refractivity contribution in [1.29, 1.82) is 0 Å². The Labute approximate surface area is 189 Å². The first-order valence-electron chi connectivity index (χ1n) is 10.0. The Hall–Kier alpha value is -3.19. The molecule has 4 aromatic rings. The van der Waals surface area contributed by atoms with Crippen molar-refractivity contribution in [3.63, 3.8) is 0 Å². The molecular formula is C24H23BrN4O2. The smallest absolute Gasteiger partial charge is 0.224 e. The average Bonchev–Trinajstić information content (AvgIpc) is 3.10. The number of nitrogens with one attached hydrogen (secondary N) is 1. The molecule has 0 aliphatic rings. The summed E-state index contributed by atoms with van der Waals surface area (Å²) in [5.74, 6) is 0.466. The van der Waals surface area contributed by atoms with E-state index in [1.54, 1.807) is 7.11 Å². The predicted molar refractivity (Wildman–Crippen MR) is 126 cm³/mol. The first kappa shape index (κ1) is 21.1. The van der Waals surface area contributed by atoms with Gasteiger partial charge in [-0.05, 0) is 56.2 Å². The lowest BCUT2D eigenvalue weighted by molar-refractivity contribution is -0.116. The third kappa shape index (κ3) is 4.32. The number of hydrogen-bond acceptors (Lipinski definition) is 4. The summed E-state index contributed by atoms with van der Waals surface area (Å²) in [5.41, 5.74) is 5.31. The van der Waals surface area contributed by atoms with Gasteiger partial charge in [0.2, 0.25) is 11.8 Å². The third-order valence-corrected chi connectivity index (χ3v) is 5.73. The number of carbonyl (C=O) groups is 1. The van der Waals surface area contributed by atoms with Gasteiger partial charge < -0.3 is 10.1 Å². The van der Waals surface area contributed by atoms with E-state index >= 15 is 0 Å². The molecule has 0 unspecified atom stereocenters. The van der Waals surface area contributed by atoms with Gasteiger partial charge in [0.15, 0.2) is 5.65 Å². The van der Waals surface area contributed by atoms with Crippen LogP contribution >= 0.6 is 15.9 Å². The molecule has 1 amide bonds. The summed E-state index contributed by atoms with van der Waals surface area (Å²) in [6.07, 6.45) is 0.844. The lowest BCUT2D eigenvalue weighted by atomic mass is 10.0. The van der Waals surface area contributed by atoms with E-state index in [9.17, 15) is 4.79 Å². The maximum Gasteiger partial charge on any atom is 0.224 e. The number of hydrogen-bond donors (Lipinski definition) is 1. The zero-order valence-electron chi connectivity index (χ0n) is 17.6. The lowest BCUT2D eigenvalue weighted by Crippen LogP contribution is -2.13. The molecule has 0 aliphatic heterocycles. The number of pyridine rings is 1. The van der Waals surface area contributed by atoms with Gasteiger partial charge in [0.25, 0.3) is 0 Å². The molecule has 2 aromatic heterocycles. The average molecular weight is 479 g/mol. The molecule has 0 radical (unpaired) electrons. The van der Waals surface area contributed by atoms with Crippen LogP contribution in [0.3, 0.4) is 0 Å². The van der Waals surface area contributed by atoms with E-state index < -0.39 is 0 Å². The molecule has 7 heteroatoms. The van der Waals surface area contributed by atoms with Gasteiger partial charge in [0, 0.05) is 27.5 Å². The standard InChI is InChI=1S/C24H23BrN4O2/c1-15-20(12-13-21(30)26-18-9-7-8-17(25)14-18)24(31-3)27-23-22(15)16(2)28-29(23)19-10-5-4-6-11-19/h4-11,14H,12-13H2,1-3H3,(H,26,30). The van der Waals surface area contributed by atoms with Crippen molar-refractivity contribution in [2.24, 2.45) is 0 Å². The second-order valence-electron chi connectivity index (χ2n) is 7.31. The zero-order chi connectivity index (χ0) is 22.0. The fourth-order valence-electron chi connectivity index (χ4n) is 3.77. The number of rotatable bonds is 6. The Kier molecular flexibility index (Phi) is 6.04. The van der Waals surface area contributed by atoms with Crippen molar-refractivity contribution in [2.45, 2.75) is 26.7 Å². The molecule has 0 bridgehead atoms. The van der Waals surface area contributed by atoms with Crippen LogP contribution < -0.4 is 10.1 Å². The molecule has 0 saturated heterocycles. The van der Waals surface area contributed by atoms with Crippen LogP contribution in [0.25, 0.3) is 16.7 Å². The van der Waals surface area contributed by atoms with E-state index in [4.69, 9.17) is 14.8 Å². The predicted octanol–water partition coefficient (Wildman–Crippen LogP) is 5.38. The van der Waals surface area contributed by atoms with Crippen LogP contribution in [-0.4, -0.2) is 27.8 Å². The van der Waals surface area contributed by atoms with Crippen molar-refractivity contribution in [3.8, 4) is 11.6 Å². The Morgan fingerprint density at radius 1 is 1.13 bits per heavy atom. The summed E-state index contributed by atoms with van der Waals surface area (Å²) in [4.78, 5) is 17.3. The van der Waals surface area contributed by atoms with E-state index in [0.29, 0.717) is 18.7 Å². The minimum atomic E-state index is -0.0589. The maximum absolute atomic E-state index is 12.5. The highest BCUT2D eigenvalue weighted by atomic mass is 79.9. The van der Waals surface area contributed by atoms with Gasteiger partial charge in [-0.2, -0.15) is 10.1 Å². The SMILES string of the molecule is COc1nc2c(c(C)nn2-c2ccccc2)c(C)c1CCC(=O)Nc1cccc(Br)c1. The van der Waals surface area contributed by atoms with Crippen molar-refractivity contribution >= 4 is 38.6 Å². The Morgan fingerprint density at radius 2 is 1.90 bits per heavy atom. The van der Waals surface area contributed by atoms with Gasteiger partial charge in [-0.1, -0.05) is 40.2 Å². The maximum atomic E-state index is 12.5. The fraction of sp³-hybridized carbons (Fsp3) is 0.208. The highest BCUT2D eigenvalue weighted by Gasteiger charge is 2.20. The normalized spacial score (nSPS) is 11.0. The molecular weight excluding hydrogens is 456 g/mol. The summed E-state index contributed by atoms with van der Waals surface area (Å²) >= 11 is 3.42. The largest absolute Gasteiger partial charge is 0.481 e. The first-order chi connectivity index (χ1) is 15.0. The Morgan fingerprint density at radius 3 is 2.61 bits per heavy atom. The van der Waals surface area contributed by atoms with E-state index in [0.717, 1.165) is 43.7 Å². The molecule has 4 rings (SSSR count). The highest BCUT2D eigenvalue weighted by molar-refractivity contribution is 9.10. The van der Waals surface area contributed by atoms with E-state index in [1.165, 1.54) is 0 Å². The molecule has 158 valence electrons. The number of fused-ring (bicyclic) bond motifs is 1. The number of benzene rings is 2. The summed E-state index contributed by atoms with van der Waals surface area (Å²) in [7, 11) is 1.61. The van der Waals surface area contributed by atoms with Crippen LogP contribution in [0.5, 0.6) is 5.88 Å². The summed E-state index contributed by atoms with van der Waals surface area (Å²) < 4.78 is 8.37. The van der Waals surface area contributed by atoms with Crippen molar-refractivity contribution in [1.82, 2.24) is 14.8 Å². The topological polar surface area (TPSA) is 69.0 Å². The number of aryl methyl sites for hydroxylation is 2. The number of anilines is 1. The van der Waals surface area contributed by atoms with Crippen LogP contribution in [-0.2, 0) is 11.2 Å². The van der Waals surface area contributed by atoms with E-state index in [-0.39, 0.29) is 5.91 Å². The van der Waals surface area contributed by atoms with Gasteiger partial charge in [-0.15, -0.1) is 0 Å². The molecule has 0 spiro atoms. The molecule has 0 saturated carbocycles. The molecule has 1 N–H and O–H groups in total.